The summed E-state index contributed by atoms with van der Waals surface area (Å²) in [7, 11) is -3.66. The number of fused-ring (bicyclic) bond motifs is 2. The van der Waals surface area contributed by atoms with Crippen LogP contribution in [0.4, 0.5) is 0 Å². The second-order valence-electron chi connectivity index (χ2n) is 4.82. The van der Waals surface area contributed by atoms with Crippen LogP contribution in [0.25, 0.3) is 0 Å². The van der Waals surface area contributed by atoms with Crippen LogP contribution in [-0.4, -0.2) is 24.8 Å². The lowest BCUT2D eigenvalue weighted by Gasteiger charge is -2.51. The minimum absolute atomic E-state index is 0.137. The van der Waals surface area contributed by atoms with E-state index in [9.17, 15) is 13.2 Å². The van der Waals surface area contributed by atoms with Crippen molar-refractivity contribution in [2.45, 2.75) is 23.3 Å². The molecule has 0 aromatic carbocycles. The number of sulfonamides is 1. The Morgan fingerprint density at radius 2 is 2.17 bits per heavy atom. The lowest BCUT2D eigenvalue weighted by atomic mass is 9.64. The molecule has 1 aliphatic carbocycles. The number of hydrogen-bond donors (Lipinski definition) is 3. The van der Waals surface area contributed by atoms with E-state index >= 15 is 0 Å². The summed E-state index contributed by atoms with van der Waals surface area (Å²) in [5.74, 6) is -0.134. The van der Waals surface area contributed by atoms with Crippen molar-refractivity contribution in [1.82, 2.24) is 15.0 Å². The van der Waals surface area contributed by atoms with Crippen molar-refractivity contribution in [2.24, 2.45) is 5.92 Å². The van der Waals surface area contributed by atoms with Crippen molar-refractivity contribution < 1.29 is 13.2 Å². The summed E-state index contributed by atoms with van der Waals surface area (Å²) in [6.07, 6.45) is 3.88. The van der Waals surface area contributed by atoms with Gasteiger partial charge < -0.3 is 10.3 Å². The van der Waals surface area contributed by atoms with E-state index in [1.165, 1.54) is 18.5 Å². The highest BCUT2D eigenvalue weighted by atomic mass is 32.2. The Hall–Kier alpha value is -1.60. The molecule has 0 radical (unpaired) electrons. The van der Waals surface area contributed by atoms with Crippen LogP contribution in [0.5, 0.6) is 0 Å². The van der Waals surface area contributed by atoms with E-state index in [2.05, 4.69) is 21.6 Å². The minimum Gasteiger partial charge on any atom is -0.366 e. The molecule has 7 heteroatoms. The standard InChI is InChI=1S/C11H13N3O3S/c1-7-8-4-11(5-8,10(15)13-7)14-18(16,17)9-2-3-12-6-9/h2-3,6,8,12,14H,1,4-5H2,(H,13,15). The first kappa shape index (κ1) is 11.5. The minimum atomic E-state index is -3.66. The fourth-order valence-electron chi connectivity index (χ4n) is 2.50. The number of H-pyrrole nitrogens is 1. The van der Waals surface area contributed by atoms with Gasteiger partial charge in [0.2, 0.25) is 15.9 Å². The molecule has 18 heavy (non-hydrogen) atoms. The maximum Gasteiger partial charge on any atom is 0.245 e. The third kappa shape index (κ3) is 1.51. The number of carbonyl (C=O) groups excluding carboxylic acids is 1. The van der Waals surface area contributed by atoms with Gasteiger partial charge in [0, 0.05) is 24.0 Å². The average Bonchev–Trinajstić information content (AvgIpc) is 2.73. The van der Waals surface area contributed by atoms with Crippen LogP contribution in [0.1, 0.15) is 12.8 Å². The van der Waals surface area contributed by atoms with E-state index in [1.54, 1.807) is 0 Å². The van der Waals surface area contributed by atoms with Crippen LogP contribution < -0.4 is 10.0 Å². The topological polar surface area (TPSA) is 91.1 Å². The van der Waals surface area contributed by atoms with Gasteiger partial charge in [0.05, 0.1) is 4.90 Å². The molecule has 6 nitrogen and oxygen atoms in total. The van der Waals surface area contributed by atoms with E-state index in [-0.39, 0.29) is 16.7 Å². The number of aromatic amines is 1. The predicted octanol–water partition coefficient (Wildman–Crippen LogP) is 0.0853. The number of amides is 1. The van der Waals surface area contributed by atoms with E-state index < -0.39 is 15.6 Å². The van der Waals surface area contributed by atoms with Gasteiger partial charge in [-0.05, 0) is 18.9 Å². The summed E-state index contributed by atoms with van der Waals surface area (Å²) in [6.45, 7) is 3.75. The zero-order valence-corrected chi connectivity index (χ0v) is 10.4. The molecule has 3 aliphatic rings. The van der Waals surface area contributed by atoms with Crippen molar-refractivity contribution >= 4 is 15.9 Å². The van der Waals surface area contributed by atoms with Crippen LogP contribution in [0, 0.1) is 5.92 Å². The molecule has 3 fully saturated rings. The monoisotopic (exact) mass is 267 g/mol. The van der Waals surface area contributed by atoms with Gasteiger partial charge in [-0.15, -0.1) is 0 Å². The van der Waals surface area contributed by atoms with Gasteiger partial charge in [-0.2, -0.15) is 4.72 Å². The average molecular weight is 267 g/mol. The molecule has 2 bridgehead atoms. The summed E-state index contributed by atoms with van der Waals surface area (Å²) < 4.78 is 26.7. The lowest BCUT2D eigenvalue weighted by Crippen LogP contribution is -2.70. The molecule has 1 amide bonds. The summed E-state index contributed by atoms with van der Waals surface area (Å²) in [5, 5.41) is 2.62. The van der Waals surface area contributed by atoms with Crippen LogP contribution in [-0.2, 0) is 14.8 Å². The molecular formula is C11H13N3O3S. The largest absolute Gasteiger partial charge is 0.366 e. The van der Waals surface area contributed by atoms with Crippen molar-refractivity contribution in [3.8, 4) is 0 Å². The molecule has 1 aromatic heterocycles. The number of piperidine rings is 2. The Kier molecular flexibility index (Phi) is 2.21. The van der Waals surface area contributed by atoms with Gasteiger partial charge in [-0.1, -0.05) is 6.58 Å². The third-order valence-electron chi connectivity index (χ3n) is 3.60. The number of allylic oxidation sites excluding steroid dienone is 1. The Morgan fingerprint density at radius 3 is 2.72 bits per heavy atom. The zero-order chi connectivity index (χ0) is 13.0. The molecule has 4 rings (SSSR count). The van der Waals surface area contributed by atoms with Crippen molar-refractivity contribution in [3.63, 3.8) is 0 Å². The fourth-order valence-corrected chi connectivity index (χ4v) is 3.86. The molecule has 3 N–H and O–H groups in total. The second-order valence-corrected chi connectivity index (χ2v) is 6.50. The van der Waals surface area contributed by atoms with Crippen LogP contribution in [0.15, 0.2) is 35.6 Å². The highest BCUT2D eigenvalue weighted by molar-refractivity contribution is 7.89. The van der Waals surface area contributed by atoms with E-state index in [0.717, 1.165) is 0 Å². The summed E-state index contributed by atoms with van der Waals surface area (Å²) >= 11 is 0. The maximum atomic E-state index is 12.1. The molecule has 1 aromatic rings. The van der Waals surface area contributed by atoms with Gasteiger partial charge in [0.25, 0.3) is 0 Å². The van der Waals surface area contributed by atoms with E-state index in [1.807, 2.05) is 0 Å². The second kappa shape index (κ2) is 3.46. The van der Waals surface area contributed by atoms with Gasteiger partial charge in [-0.3, -0.25) is 4.79 Å². The fraction of sp³-hybridized carbons (Fsp3) is 0.364. The maximum absolute atomic E-state index is 12.1. The van der Waals surface area contributed by atoms with Gasteiger partial charge in [0.15, 0.2) is 0 Å². The van der Waals surface area contributed by atoms with E-state index in [4.69, 9.17) is 0 Å². The number of nitrogens with one attached hydrogen (secondary N) is 3. The molecule has 3 heterocycles. The summed E-state index contributed by atoms with van der Waals surface area (Å²) in [4.78, 5) is 14.7. The van der Waals surface area contributed by atoms with Crippen molar-refractivity contribution in [3.05, 3.63) is 30.7 Å². The molecule has 2 saturated heterocycles. The first-order chi connectivity index (χ1) is 8.43. The Bertz CT molecular complexity index is 612. The van der Waals surface area contributed by atoms with Crippen molar-refractivity contribution in [1.29, 1.82) is 0 Å². The van der Waals surface area contributed by atoms with Gasteiger partial charge >= 0.3 is 0 Å². The number of hydrogen-bond acceptors (Lipinski definition) is 3. The zero-order valence-electron chi connectivity index (χ0n) is 9.56. The molecule has 96 valence electrons. The molecule has 0 atom stereocenters. The van der Waals surface area contributed by atoms with E-state index in [0.29, 0.717) is 18.5 Å². The summed E-state index contributed by atoms with van der Waals surface area (Å²) in [5.41, 5.74) is -0.315. The molecular weight excluding hydrogens is 254 g/mol. The molecule has 2 aliphatic heterocycles. The number of rotatable bonds is 3. The Balaban J connectivity index is 1.87. The van der Waals surface area contributed by atoms with Gasteiger partial charge in [-0.25, -0.2) is 8.42 Å². The Morgan fingerprint density at radius 1 is 1.44 bits per heavy atom. The van der Waals surface area contributed by atoms with Crippen LogP contribution in [0.3, 0.4) is 0 Å². The summed E-state index contributed by atoms with van der Waals surface area (Å²) in [6, 6.07) is 1.45. The third-order valence-corrected chi connectivity index (χ3v) is 5.13. The molecule has 1 saturated carbocycles. The number of aromatic nitrogens is 1. The molecule has 0 unspecified atom stereocenters. The number of carbonyl (C=O) groups is 1. The molecule has 0 spiro atoms. The first-order valence-electron chi connectivity index (χ1n) is 5.60. The highest BCUT2D eigenvalue weighted by Gasteiger charge is 2.57. The van der Waals surface area contributed by atoms with Crippen molar-refractivity contribution in [2.75, 3.05) is 0 Å². The Labute approximate surface area is 105 Å². The normalized spacial score (nSPS) is 30.8. The van der Waals surface area contributed by atoms with Crippen LogP contribution >= 0.6 is 0 Å². The SMILES string of the molecule is C=C1NC(=O)C2(NS(=O)(=O)c3cc[nH]c3)CC1C2. The highest BCUT2D eigenvalue weighted by Crippen LogP contribution is 2.45. The van der Waals surface area contributed by atoms with Crippen LogP contribution in [0.2, 0.25) is 0 Å². The first-order valence-corrected chi connectivity index (χ1v) is 7.08. The smallest absolute Gasteiger partial charge is 0.245 e. The quantitative estimate of drug-likeness (QED) is 0.724. The van der Waals surface area contributed by atoms with Gasteiger partial charge in [0.1, 0.15) is 5.54 Å². The predicted molar refractivity (Wildman–Crippen MR) is 63.9 cm³/mol. The lowest BCUT2D eigenvalue weighted by molar-refractivity contribution is -0.134.